The molecule has 0 N–H and O–H groups in total. The minimum atomic E-state index is -3.90. The van der Waals surface area contributed by atoms with Crippen LogP contribution in [0.1, 0.15) is 31.9 Å². The van der Waals surface area contributed by atoms with Gasteiger partial charge in [-0.3, -0.25) is 4.98 Å². The van der Waals surface area contributed by atoms with Gasteiger partial charge in [-0.1, -0.05) is 42.5 Å². The standard InChI is InChI=1S/C32H31N3O5S3/c1-32(2,3)40-29(36)22-39-26-8-6-7-24(19-26)21-35(20-23-10-12-25(13-11-23)31-34-17-18-41-31)43(37,38)30-15-14-28(42-30)27-9-4-5-16-33-27/h4-19H,20-22H2,1-3H3. The topological polar surface area (TPSA) is 98.7 Å². The zero-order valence-corrected chi connectivity index (χ0v) is 26.4. The van der Waals surface area contributed by atoms with E-state index in [1.165, 1.54) is 15.6 Å². The van der Waals surface area contributed by atoms with Gasteiger partial charge in [-0.15, -0.1) is 22.7 Å². The first-order valence-electron chi connectivity index (χ1n) is 13.5. The lowest BCUT2D eigenvalue weighted by Crippen LogP contribution is -2.30. The molecule has 0 saturated heterocycles. The Morgan fingerprint density at radius 1 is 0.884 bits per heavy atom. The summed E-state index contributed by atoms with van der Waals surface area (Å²) in [5.41, 5.74) is 2.62. The number of hydrogen-bond donors (Lipinski definition) is 0. The highest BCUT2D eigenvalue weighted by Crippen LogP contribution is 2.33. The molecule has 5 rings (SSSR count). The fraction of sp³-hybridized carbons (Fsp3) is 0.219. The SMILES string of the molecule is CC(C)(C)OC(=O)COc1cccc(CN(Cc2ccc(-c3nccs3)cc2)S(=O)(=O)c2ccc(-c3ccccn3)s2)c1. The minimum absolute atomic E-state index is 0.0943. The van der Waals surface area contributed by atoms with Crippen LogP contribution in [0.25, 0.3) is 21.1 Å². The van der Waals surface area contributed by atoms with E-state index in [4.69, 9.17) is 9.47 Å². The molecule has 0 unspecified atom stereocenters. The first kappa shape index (κ1) is 30.6. The summed E-state index contributed by atoms with van der Waals surface area (Å²) in [5.74, 6) is -0.0354. The lowest BCUT2D eigenvalue weighted by molar-refractivity contribution is -0.157. The molecule has 3 heterocycles. The molecule has 5 aromatic rings. The third-order valence-electron chi connectivity index (χ3n) is 6.12. The third kappa shape index (κ3) is 8.14. The van der Waals surface area contributed by atoms with Crippen molar-refractivity contribution in [2.75, 3.05) is 6.61 Å². The number of rotatable bonds is 11. The molecule has 2 aromatic carbocycles. The number of sulfonamides is 1. The zero-order valence-electron chi connectivity index (χ0n) is 24.0. The second-order valence-corrected chi connectivity index (χ2v) is 14.8. The number of hydrogen-bond acceptors (Lipinski definition) is 9. The van der Waals surface area contributed by atoms with Crippen LogP contribution in [0.5, 0.6) is 5.75 Å². The molecule has 0 spiro atoms. The number of carbonyl (C=O) groups is 1. The predicted octanol–water partition coefficient (Wildman–Crippen LogP) is 7.05. The number of ether oxygens (including phenoxy) is 2. The lowest BCUT2D eigenvalue weighted by Gasteiger charge is -2.22. The Kier molecular flexibility index (Phi) is 9.36. The van der Waals surface area contributed by atoms with Crippen LogP contribution in [0.15, 0.2) is 101 Å². The molecular weight excluding hydrogens is 603 g/mol. The maximum Gasteiger partial charge on any atom is 0.344 e. The van der Waals surface area contributed by atoms with Crippen molar-refractivity contribution in [3.63, 3.8) is 0 Å². The second-order valence-electron chi connectivity index (χ2n) is 10.7. The Hall–Kier alpha value is -3.90. The number of pyridine rings is 1. The molecule has 43 heavy (non-hydrogen) atoms. The molecule has 0 aliphatic carbocycles. The molecule has 222 valence electrons. The fourth-order valence-corrected chi connectivity index (χ4v) is 7.73. The number of benzene rings is 2. The summed E-state index contributed by atoms with van der Waals surface area (Å²) in [7, 11) is -3.90. The average Bonchev–Trinajstić information content (AvgIpc) is 3.70. The van der Waals surface area contributed by atoms with Crippen LogP contribution in [-0.2, 0) is 32.6 Å². The monoisotopic (exact) mass is 633 g/mol. The highest BCUT2D eigenvalue weighted by molar-refractivity contribution is 7.91. The van der Waals surface area contributed by atoms with Crippen molar-refractivity contribution in [3.8, 4) is 26.9 Å². The van der Waals surface area contributed by atoms with E-state index < -0.39 is 21.6 Å². The Bertz CT molecular complexity index is 1760. The fourth-order valence-electron chi connectivity index (χ4n) is 4.23. The molecular formula is C32H31N3O5S3. The third-order valence-corrected chi connectivity index (χ3v) is 10.3. The summed E-state index contributed by atoms with van der Waals surface area (Å²) >= 11 is 2.73. The average molecular weight is 634 g/mol. The molecule has 3 aromatic heterocycles. The summed E-state index contributed by atoms with van der Waals surface area (Å²) < 4.78 is 40.8. The van der Waals surface area contributed by atoms with Crippen molar-refractivity contribution in [2.45, 2.75) is 43.7 Å². The van der Waals surface area contributed by atoms with Gasteiger partial charge in [0.15, 0.2) is 6.61 Å². The van der Waals surface area contributed by atoms with Crippen molar-refractivity contribution in [2.24, 2.45) is 0 Å². The van der Waals surface area contributed by atoms with E-state index in [9.17, 15) is 13.2 Å². The highest BCUT2D eigenvalue weighted by Gasteiger charge is 2.27. The number of nitrogens with zero attached hydrogens (tertiary/aromatic N) is 3. The van der Waals surface area contributed by atoms with Crippen molar-refractivity contribution in [3.05, 3.63) is 108 Å². The van der Waals surface area contributed by atoms with Gasteiger partial charge >= 0.3 is 5.97 Å². The molecule has 0 radical (unpaired) electrons. The van der Waals surface area contributed by atoms with Crippen molar-refractivity contribution in [1.82, 2.24) is 14.3 Å². The number of thiophene rings is 1. The number of carbonyl (C=O) groups excluding carboxylic acids is 1. The van der Waals surface area contributed by atoms with E-state index in [0.717, 1.165) is 21.0 Å². The number of esters is 1. The Morgan fingerprint density at radius 2 is 1.67 bits per heavy atom. The smallest absolute Gasteiger partial charge is 0.344 e. The lowest BCUT2D eigenvalue weighted by atomic mass is 10.1. The maximum absolute atomic E-state index is 14.1. The quantitative estimate of drug-likeness (QED) is 0.144. The molecule has 0 aliphatic rings. The van der Waals surface area contributed by atoms with Gasteiger partial charge in [0.2, 0.25) is 0 Å². The van der Waals surface area contributed by atoms with Gasteiger partial charge in [-0.25, -0.2) is 18.2 Å². The Labute approximate surface area is 259 Å². The summed E-state index contributed by atoms with van der Waals surface area (Å²) in [5, 5.41) is 2.82. The number of aromatic nitrogens is 2. The molecule has 0 atom stereocenters. The van der Waals surface area contributed by atoms with E-state index in [1.807, 2.05) is 53.9 Å². The molecule has 11 heteroatoms. The predicted molar refractivity (Wildman–Crippen MR) is 169 cm³/mol. The Balaban J connectivity index is 1.40. The summed E-state index contributed by atoms with van der Waals surface area (Å²) in [6.45, 7) is 5.37. The van der Waals surface area contributed by atoms with Gasteiger partial charge in [-0.05, 0) is 68.3 Å². The zero-order chi connectivity index (χ0) is 30.5. The van der Waals surface area contributed by atoms with Crippen molar-refractivity contribution in [1.29, 1.82) is 0 Å². The van der Waals surface area contributed by atoms with Gasteiger partial charge in [0, 0.05) is 36.4 Å². The van der Waals surface area contributed by atoms with Gasteiger partial charge in [0.05, 0.1) is 10.6 Å². The normalized spacial score (nSPS) is 11.9. The van der Waals surface area contributed by atoms with Crippen LogP contribution in [-0.4, -0.2) is 40.9 Å². The molecule has 0 fully saturated rings. The maximum atomic E-state index is 14.1. The largest absolute Gasteiger partial charge is 0.482 e. The van der Waals surface area contributed by atoms with E-state index >= 15 is 0 Å². The van der Waals surface area contributed by atoms with Gasteiger partial charge < -0.3 is 9.47 Å². The first-order valence-corrected chi connectivity index (χ1v) is 16.6. The summed E-state index contributed by atoms with van der Waals surface area (Å²) in [6, 6.07) is 23.8. The molecule has 0 saturated carbocycles. The van der Waals surface area contributed by atoms with Crippen LogP contribution in [0.4, 0.5) is 0 Å². The number of thiazole rings is 1. The summed E-state index contributed by atoms with van der Waals surface area (Å²) in [6.07, 6.45) is 3.44. The van der Waals surface area contributed by atoms with Crippen LogP contribution in [0.2, 0.25) is 0 Å². The van der Waals surface area contributed by atoms with Crippen LogP contribution >= 0.6 is 22.7 Å². The molecule has 0 bridgehead atoms. The molecule has 8 nitrogen and oxygen atoms in total. The molecule has 0 aliphatic heterocycles. The van der Waals surface area contributed by atoms with Crippen LogP contribution < -0.4 is 4.74 Å². The van der Waals surface area contributed by atoms with E-state index in [1.54, 1.807) is 74.8 Å². The van der Waals surface area contributed by atoms with E-state index in [0.29, 0.717) is 17.0 Å². The van der Waals surface area contributed by atoms with Crippen LogP contribution in [0.3, 0.4) is 0 Å². The van der Waals surface area contributed by atoms with Gasteiger partial charge in [-0.2, -0.15) is 4.31 Å². The van der Waals surface area contributed by atoms with Crippen molar-refractivity contribution < 1.29 is 22.7 Å². The minimum Gasteiger partial charge on any atom is -0.482 e. The van der Waals surface area contributed by atoms with Crippen molar-refractivity contribution >= 4 is 38.7 Å². The Morgan fingerprint density at radius 3 is 2.37 bits per heavy atom. The first-order chi connectivity index (χ1) is 20.6. The molecule has 0 amide bonds. The summed E-state index contributed by atoms with van der Waals surface area (Å²) in [4.78, 5) is 21.6. The second kappa shape index (κ2) is 13.2. The van der Waals surface area contributed by atoms with Crippen LogP contribution in [0, 0.1) is 0 Å². The van der Waals surface area contributed by atoms with E-state index in [2.05, 4.69) is 9.97 Å². The highest BCUT2D eigenvalue weighted by atomic mass is 32.2. The van der Waals surface area contributed by atoms with Gasteiger partial charge in [0.1, 0.15) is 20.6 Å². The van der Waals surface area contributed by atoms with E-state index in [-0.39, 0.29) is 23.9 Å². The van der Waals surface area contributed by atoms with Gasteiger partial charge in [0.25, 0.3) is 10.0 Å².